The zero-order valence-electron chi connectivity index (χ0n) is 16.3. The van der Waals surface area contributed by atoms with Gasteiger partial charge < -0.3 is 15.3 Å². The highest BCUT2D eigenvalue weighted by Crippen LogP contribution is 2.37. The smallest absolute Gasteiger partial charge is 0.337 e. The summed E-state index contributed by atoms with van der Waals surface area (Å²) in [6.45, 7) is 2.73. The van der Waals surface area contributed by atoms with Crippen LogP contribution in [0.2, 0.25) is 0 Å². The number of nitrogens with one attached hydrogen (secondary N) is 1. The molecule has 0 aliphatic carbocycles. The zero-order valence-corrected chi connectivity index (χ0v) is 17.1. The molecule has 1 aliphatic heterocycles. The van der Waals surface area contributed by atoms with Crippen LogP contribution in [0, 0.1) is 6.92 Å². The second kappa shape index (κ2) is 7.38. The van der Waals surface area contributed by atoms with Crippen molar-refractivity contribution in [1.29, 1.82) is 0 Å². The maximum Gasteiger partial charge on any atom is 0.337 e. The molecule has 0 saturated carbocycles. The Morgan fingerprint density at radius 2 is 1.93 bits per heavy atom. The van der Waals surface area contributed by atoms with Crippen molar-refractivity contribution in [2.45, 2.75) is 19.8 Å². The molecule has 1 aliphatic rings. The van der Waals surface area contributed by atoms with E-state index in [0.717, 1.165) is 45.1 Å². The predicted octanol–water partition coefficient (Wildman–Crippen LogP) is 4.92. The molecule has 3 heterocycles. The van der Waals surface area contributed by atoms with E-state index < -0.39 is 5.97 Å². The Balaban J connectivity index is 1.52. The molecule has 0 atom stereocenters. The lowest BCUT2D eigenvalue weighted by Crippen LogP contribution is -2.28. The number of benzene rings is 2. The van der Waals surface area contributed by atoms with Gasteiger partial charge in [-0.2, -0.15) is 0 Å². The molecule has 7 nitrogen and oxygen atoms in total. The third kappa shape index (κ3) is 3.15. The Morgan fingerprint density at radius 1 is 1.13 bits per heavy atom. The van der Waals surface area contributed by atoms with E-state index in [0.29, 0.717) is 18.1 Å². The van der Waals surface area contributed by atoms with Gasteiger partial charge in [0.1, 0.15) is 0 Å². The Labute approximate surface area is 177 Å². The second-order valence-electron chi connectivity index (χ2n) is 7.17. The molecular weight excluding hydrogens is 398 g/mol. The first-order chi connectivity index (χ1) is 14.6. The van der Waals surface area contributed by atoms with Crippen LogP contribution in [0.25, 0.3) is 10.2 Å². The first-order valence-corrected chi connectivity index (χ1v) is 10.5. The summed E-state index contributed by atoms with van der Waals surface area (Å²) in [7, 11) is 0. The lowest BCUT2D eigenvalue weighted by molar-refractivity contribution is 0.0697. The number of fused-ring (bicyclic) bond motifs is 2. The van der Waals surface area contributed by atoms with Gasteiger partial charge >= 0.3 is 5.97 Å². The van der Waals surface area contributed by atoms with E-state index in [1.54, 1.807) is 23.5 Å². The van der Waals surface area contributed by atoms with Crippen molar-refractivity contribution in [2.75, 3.05) is 16.8 Å². The lowest BCUT2D eigenvalue weighted by atomic mass is 10.00. The van der Waals surface area contributed by atoms with E-state index in [2.05, 4.69) is 20.5 Å². The number of carboxylic acid groups (broad SMARTS) is 1. The topological polar surface area (TPSA) is 91.2 Å². The Hall–Kier alpha value is -3.52. The van der Waals surface area contributed by atoms with Crippen molar-refractivity contribution in [3.8, 4) is 0 Å². The van der Waals surface area contributed by atoms with Gasteiger partial charge in [-0.05, 0) is 44.0 Å². The maximum atomic E-state index is 11.7. The fourth-order valence-corrected chi connectivity index (χ4v) is 4.71. The fraction of sp³-hybridized carbons (Fsp3) is 0.182. The van der Waals surface area contributed by atoms with Gasteiger partial charge in [-0.3, -0.25) is 0 Å². The van der Waals surface area contributed by atoms with E-state index in [9.17, 15) is 9.90 Å². The van der Waals surface area contributed by atoms with Crippen LogP contribution < -0.4 is 10.2 Å². The molecular formula is C22H19N5O2S. The van der Waals surface area contributed by atoms with Gasteiger partial charge in [-0.15, -0.1) is 10.2 Å². The van der Waals surface area contributed by atoms with Crippen molar-refractivity contribution in [2.24, 2.45) is 0 Å². The molecule has 2 N–H and O–H groups in total. The van der Waals surface area contributed by atoms with Gasteiger partial charge in [0.25, 0.3) is 0 Å². The minimum atomic E-state index is -0.948. The molecule has 2 aromatic carbocycles. The molecule has 0 bridgehead atoms. The molecule has 0 unspecified atom stereocenters. The fourth-order valence-electron chi connectivity index (χ4n) is 3.85. The minimum Gasteiger partial charge on any atom is -0.478 e. The van der Waals surface area contributed by atoms with Gasteiger partial charge in [0.2, 0.25) is 0 Å². The summed E-state index contributed by atoms with van der Waals surface area (Å²) in [5.74, 6) is 0.458. The summed E-state index contributed by atoms with van der Waals surface area (Å²) in [4.78, 5) is 18.3. The lowest BCUT2D eigenvalue weighted by Gasteiger charge is -2.31. The summed E-state index contributed by atoms with van der Waals surface area (Å²) in [6.07, 6.45) is 1.78. The van der Waals surface area contributed by atoms with Crippen molar-refractivity contribution >= 4 is 50.0 Å². The summed E-state index contributed by atoms with van der Waals surface area (Å²) in [5.41, 5.74) is 3.95. The van der Waals surface area contributed by atoms with Crippen LogP contribution in [0.1, 0.15) is 27.9 Å². The van der Waals surface area contributed by atoms with Crippen molar-refractivity contribution < 1.29 is 9.90 Å². The van der Waals surface area contributed by atoms with E-state index in [1.165, 1.54) is 0 Å². The number of hydrogen-bond donors (Lipinski definition) is 2. The van der Waals surface area contributed by atoms with Crippen molar-refractivity contribution in [3.05, 3.63) is 65.2 Å². The highest BCUT2D eigenvalue weighted by molar-refractivity contribution is 7.22. The SMILES string of the molecule is Cc1c(Nc2nc3ccccc3s2)nnc2c1CCCN2c1ccccc1C(=O)O. The van der Waals surface area contributed by atoms with Gasteiger partial charge in [0.05, 0.1) is 21.5 Å². The largest absolute Gasteiger partial charge is 0.478 e. The molecule has 0 amide bonds. The Morgan fingerprint density at radius 3 is 2.77 bits per heavy atom. The van der Waals surface area contributed by atoms with Crippen molar-refractivity contribution in [1.82, 2.24) is 15.2 Å². The predicted molar refractivity (Wildman–Crippen MR) is 118 cm³/mol. The molecule has 0 radical (unpaired) electrons. The molecule has 150 valence electrons. The average molecular weight is 417 g/mol. The first-order valence-electron chi connectivity index (χ1n) is 9.70. The molecule has 8 heteroatoms. The van der Waals surface area contributed by atoms with Crippen LogP contribution in [0.15, 0.2) is 48.5 Å². The molecule has 5 rings (SSSR count). The number of thiazole rings is 1. The van der Waals surface area contributed by atoms with E-state index >= 15 is 0 Å². The van der Waals surface area contributed by atoms with E-state index in [4.69, 9.17) is 0 Å². The van der Waals surface area contributed by atoms with Gasteiger partial charge in [-0.1, -0.05) is 35.6 Å². The van der Waals surface area contributed by atoms with Crippen LogP contribution in [0.5, 0.6) is 0 Å². The van der Waals surface area contributed by atoms with Crippen LogP contribution in [0.4, 0.5) is 22.5 Å². The normalized spacial score (nSPS) is 13.3. The van der Waals surface area contributed by atoms with Crippen LogP contribution in [0.3, 0.4) is 0 Å². The number of rotatable bonds is 4. The number of hydrogen-bond acceptors (Lipinski definition) is 7. The molecule has 0 saturated heterocycles. The first kappa shape index (κ1) is 18.5. The van der Waals surface area contributed by atoms with Crippen LogP contribution >= 0.6 is 11.3 Å². The van der Waals surface area contributed by atoms with Gasteiger partial charge in [-0.25, -0.2) is 9.78 Å². The summed E-state index contributed by atoms with van der Waals surface area (Å²) < 4.78 is 1.11. The second-order valence-corrected chi connectivity index (χ2v) is 8.20. The quantitative estimate of drug-likeness (QED) is 0.487. The third-order valence-corrected chi connectivity index (χ3v) is 6.28. The summed E-state index contributed by atoms with van der Waals surface area (Å²) >= 11 is 1.58. The number of aromatic carboxylic acids is 1. The standard InChI is InChI=1S/C22H19N5O2S/c1-13-14-8-6-12-27(17-10-4-2-7-15(17)21(28)29)20(14)26-25-19(13)24-22-23-16-9-3-5-11-18(16)30-22/h2-5,7,9-11H,6,8,12H2,1H3,(H,28,29)(H,23,24,25). The summed E-state index contributed by atoms with van der Waals surface area (Å²) in [6, 6.07) is 15.0. The highest BCUT2D eigenvalue weighted by Gasteiger charge is 2.26. The highest BCUT2D eigenvalue weighted by atomic mass is 32.1. The maximum absolute atomic E-state index is 11.7. The minimum absolute atomic E-state index is 0.265. The number of anilines is 4. The number of aromatic nitrogens is 3. The molecule has 0 fully saturated rings. The van der Waals surface area contributed by atoms with E-state index in [1.807, 2.05) is 48.2 Å². The van der Waals surface area contributed by atoms with Crippen molar-refractivity contribution in [3.63, 3.8) is 0 Å². The van der Waals surface area contributed by atoms with Gasteiger partial charge in [0.15, 0.2) is 16.8 Å². The van der Waals surface area contributed by atoms with Crippen LogP contribution in [-0.4, -0.2) is 32.8 Å². The monoisotopic (exact) mass is 417 g/mol. The Kier molecular flexibility index (Phi) is 4.55. The number of carbonyl (C=O) groups is 1. The third-order valence-electron chi connectivity index (χ3n) is 5.33. The van der Waals surface area contributed by atoms with Crippen LogP contribution in [-0.2, 0) is 6.42 Å². The molecule has 0 spiro atoms. The molecule has 2 aromatic heterocycles. The number of para-hydroxylation sites is 2. The zero-order chi connectivity index (χ0) is 20.7. The molecule has 30 heavy (non-hydrogen) atoms. The number of carboxylic acids is 1. The Bertz CT molecular complexity index is 1240. The van der Waals surface area contributed by atoms with Gasteiger partial charge in [0, 0.05) is 17.7 Å². The molecule has 4 aromatic rings. The number of nitrogens with zero attached hydrogens (tertiary/aromatic N) is 4. The average Bonchev–Trinajstić information content (AvgIpc) is 3.18. The van der Waals surface area contributed by atoms with E-state index in [-0.39, 0.29) is 5.56 Å². The summed E-state index contributed by atoms with van der Waals surface area (Å²) in [5, 5.41) is 22.6.